The number of hydrogen-bond acceptors (Lipinski definition) is 6. The predicted octanol–water partition coefficient (Wildman–Crippen LogP) is 4.69. The van der Waals surface area contributed by atoms with E-state index in [1.165, 1.54) is 17.0 Å². The molecule has 168 valence electrons. The summed E-state index contributed by atoms with van der Waals surface area (Å²) in [5.74, 6) is -0.710. The van der Waals surface area contributed by atoms with Gasteiger partial charge in [0.15, 0.2) is 0 Å². The summed E-state index contributed by atoms with van der Waals surface area (Å²) < 4.78 is 63.4. The number of alkyl halides is 3. The summed E-state index contributed by atoms with van der Waals surface area (Å²) in [6, 6.07) is 4.16. The molecule has 1 saturated heterocycles. The second-order valence-electron chi connectivity index (χ2n) is 7.94. The fourth-order valence-electron chi connectivity index (χ4n) is 2.86. The minimum Gasteiger partial charge on any atom is -0.444 e. The molecule has 2 heterocycles. The van der Waals surface area contributed by atoms with Gasteiger partial charge in [0.25, 0.3) is 0 Å². The quantitative estimate of drug-likeness (QED) is 0.696. The van der Waals surface area contributed by atoms with Gasteiger partial charge in [0, 0.05) is 30.2 Å². The zero-order chi connectivity index (χ0) is 22.8. The number of nitrogens with zero attached hydrogens (tertiary/aromatic N) is 3. The van der Waals surface area contributed by atoms with Crippen LogP contribution in [0.3, 0.4) is 0 Å². The van der Waals surface area contributed by atoms with Crippen LogP contribution in [-0.4, -0.2) is 46.3 Å². The van der Waals surface area contributed by atoms with Crippen molar-refractivity contribution in [2.24, 2.45) is 0 Å². The van der Waals surface area contributed by atoms with Crippen molar-refractivity contribution in [2.45, 2.75) is 38.7 Å². The van der Waals surface area contributed by atoms with Crippen molar-refractivity contribution in [3.05, 3.63) is 47.5 Å². The third-order valence-corrected chi connectivity index (χ3v) is 4.30. The smallest absolute Gasteiger partial charge is 0.419 e. The second-order valence-corrected chi connectivity index (χ2v) is 7.94. The standard InChI is InChI=1S/C20H22F4N4O3/c1-19(2,3)31-18(29)28-6-7-30-16(11-28)14-5-4-13(8-15(14)21)27-17-25-9-12(10-26-17)20(22,23)24/h4-5,8-10,16H,6-7,11H2,1-3H3,(H,25,26,27)/t16-/m0/s1. The highest BCUT2D eigenvalue weighted by Crippen LogP contribution is 2.30. The van der Waals surface area contributed by atoms with Crippen LogP contribution in [0.4, 0.5) is 34.0 Å². The van der Waals surface area contributed by atoms with Crippen molar-refractivity contribution in [2.75, 3.05) is 25.0 Å². The van der Waals surface area contributed by atoms with Crippen molar-refractivity contribution in [1.29, 1.82) is 0 Å². The van der Waals surface area contributed by atoms with Crippen LogP contribution < -0.4 is 5.32 Å². The molecule has 1 aromatic heterocycles. The Bertz CT molecular complexity index is 930. The molecule has 0 radical (unpaired) electrons. The van der Waals surface area contributed by atoms with Crippen LogP contribution in [0.1, 0.15) is 38.0 Å². The van der Waals surface area contributed by atoms with Gasteiger partial charge in [0.05, 0.1) is 18.7 Å². The van der Waals surface area contributed by atoms with Crippen molar-refractivity contribution in [3.63, 3.8) is 0 Å². The molecule has 1 aliphatic heterocycles. The summed E-state index contributed by atoms with van der Waals surface area (Å²) >= 11 is 0. The van der Waals surface area contributed by atoms with Crippen molar-refractivity contribution in [3.8, 4) is 0 Å². The Labute approximate surface area is 176 Å². The number of halogens is 4. The van der Waals surface area contributed by atoms with E-state index in [2.05, 4.69) is 15.3 Å². The van der Waals surface area contributed by atoms with Gasteiger partial charge in [-0.3, -0.25) is 0 Å². The van der Waals surface area contributed by atoms with E-state index in [-0.39, 0.29) is 30.4 Å². The number of amides is 1. The highest BCUT2D eigenvalue weighted by molar-refractivity contribution is 5.68. The number of benzene rings is 1. The number of carbonyl (C=O) groups excluding carboxylic acids is 1. The summed E-state index contributed by atoms with van der Waals surface area (Å²) in [6.07, 6.45) is -4.45. The Balaban J connectivity index is 1.68. The summed E-state index contributed by atoms with van der Waals surface area (Å²) in [5.41, 5.74) is -1.14. The average Bonchev–Trinajstić information content (AvgIpc) is 2.66. The molecule has 0 spiro atoms. The van der Waals surface area contributed by atoms with Crippen LogP contribution in [0, 0.1) is 5.82 Å². The molecule has 0 saturated carbocycles. The molecule has 1 amide bonds. The molecule has 1 N–H and O–H groups in total. The van der Waals surface area contributed by atoms with Crippen molar-refractivity contribution < 1.29 is 31.8 Å². The minimum absolute atomic E-state index is 0.106. The number of anilines is 2. The van der Waals surface area contributed by atoms with E-state index in [9.17, 15) is 22.4 Å². The molecule has 1 aliphatic rings. The van der Waals surface area contributed by atoms with E-state index in [1.54, 1.807) is 20.8 Å². The van der Waals surface area contributed by atoms with Gasteiger partial charge in [-0.25, -0.2) is 19.2 Å². The lowest BCUT2D eigenvalue weighted by Gasteiger charge is -2.34. The lowest BCUT2D eigenvalue weighted by molar-refractivity contribution is -0.138. The first kappa shape index (κ1) is 22.7. The first-order valence-electron chi connectivity index (χ1n) is 9.47. The topological polar surface area (TPSA) is 76.6 Å². The van der Waals surface area contributed by atoms with Gasteiger partial charge in [0.2, 0.25) is 5.95 Å². The number of rotatable bonds is 3. The molecule has 1 fully saturated rings. The molecule has 0 bridgehead atoms. The fourth-order valence-corrected chi connectivity index (χ4v) is 2.86. The van der Waals surface area contributed by atoms with Crippen molar-refractivity contribution in [1.82, 2.24) is 14.9 Å². The molecule has 1 atom stereocenters. The van der Waals surface area contributed by atoms with Gasteiger partial charge < -0.3 is 19.7 Å². The minimum atomic E-state index is -4.54. The largest absolute Gasteiger partial charge is 0.444 e. The van der Waals surface area contributed by atoms with Crippen LogP contribution in [0.25, 0.3) is 0 Å². The summed E-state index contributed by atoms with van der Waals surface area (Å²) in [5, 5.41) is 2.65. The van der Waals surface area contributed by atoms with E-state index in [0.29, 0.717) is 18.9 Å². The SMILES string of the molecule is CC(C)(C)OC(=O)N1CCO[C@H](c2ccc(Nc3ncc(C(F)(F)F)cn3)cc2F)C1. The maximum absolute atomic E-state index is 14.7. The van der Waals surface area contributed by atoms with Crippen molar-refractivity contribution >= 4 is 17.7 Å². The van der Waals surface area contributed by atoms with E-state index >= 15 is 0 Å². The lowest BCUT2D eigenvalue weighted by Crippen LogP contribution is -2.44. The Hall–Kier alpha value is -2.95. The normalized spacial score (nSPS) is 17.4. The molecule has 0 unspecified atom stereocenters. The lowest BCUT2D eigenvalue weighted by atomic mass is 10.1. The first-order chi connectivity index (χ1) is 14.4. The fraction of sp³-hybridized carbons (Fsp3) is 0.450. The number of morpholine rings is 1. The molecule has 0 aliphatic carbocycles. The zero-order valence-electron chi connectivity index (χ0n) is 17.2. The summed E-state index contributed by atoms with van der Waals surface area (Å²) in [4.78, 5) is 20.9. The van der Waals surface area contributed by atoms with Gasteiger partial charge in [-0.05, 0) is 32.9 Å². The number of carbonyl (C=O) groups is 1. The number of hydrogen-bond donors (Lipinski definition) is 1. The maximum atomic E-state index is 14.7. The average molecular weight is 442 g/mol. The van der Waals surface area contributed by atoms with Crippen LogP contribution >= 0.6 is 0 Å². The third-order valence-electron chi connectivity index (χ3n) is 4.30. The van der Waals surface area contributed by atoms with Crippen LogP contribution in [0.5, 0.6) is 0 Å². The molecular formula is C20H22F4N4O3. The van der Waals surface area contributed by atoms with Crippen LogP contribution in [-0.2, 0) is 15.7 Å². The Morgan fingerprint density at radius 3 is 2.48 bits per heavy atom. The van der Waals surface area contributed by atoms with Gasteiger partial charge in [-0.1, -0.05) is 6.07 Å². The summed E-state index contributed by atoms with van der Waals surface area (Å²) in [7, 11) is 0. The molecule has 2 aromatic rings. The van der Waals surface area contributed by atoms with Crippen LogP contribution in [0.2, 0.25) is 0 Å². The third kappa shape index (κ3) is 6.03. The van der Waals surface area contributed by atoms with Gasteiger partial charge in [-0.2, -0.15) is 13.2 Å². The maximum Gasteiger partial charge on any atom is 0.419 e. The molecule has 11 heteroatoms. The molecule has 31 heavy (non-hydrogen) atoms. The summed E-state index contributed by atoms with van der Waals surface area (Å²) in [6.45, 7) is 5.96. The van der Waals surface area contributed by atoms with E-state index in [1.807, 2.05) is 0 Å². The van der Waals surface area contributed by atoms with Crippen LogP contribution in [0.15, 0.2) is 30.6 Å². The van der Waals surface area contributed by atoms with E-state index in [0.717, 1.165) is 6.07 Å². The Morgan fingerprint density at radius 2 is 1.90 bits per heavy atom. The Morgan fingerprint density at radius 1 is 1.23 bits per heavy atom. The van der Waals surface area contributed by atoms with E-state index in [4.69, 9.17) is 9.47 Å². The van der Waals surface area contributed by atoms with E-state index < -0.39 is 35.4 Å². The second kappa shape index (κ2) is 8.66. The number of aromatic nitrogens is 2. The van der Waals surface area contributed by atoms with Gasteiger partial charge >= 0.3 is 12.3 Å². The van der Waals surface area contributed by atoms with Gasteiger partial charge in [-0.15, -0.1) is 0 Å². The molecule has 3 rings (SSSR count). The highest BCUT2D eigenvalue weighted by atomic mass is 19.4. The predicted molar refractivity (Wildman–Crippen MR) is 103 cm³/mol. The Kier molecular flexibility index (Phi) is 6.35. The number of nitrogens with one attached hydrogen (secondary N) is 1. The molecule has 7 nitrogen and oxygen atoms in total. The molecule has 1 aromatic carbocycles. The highest BCUT2D eigenvalue weighted by Gasteiger charge is 2.32. The van der Waals surface area contributed by atoms with Gasteiger partial charge in [0.1, 0.15) is 17.5 Å². The number of ether oxygens (including phenoxy) is 2. The monoisotopic (exact) mass is 442 g/mol. The molecular weight excluding hydrogens is 420 g/mol. The first-order valence-corrected chi connectivity index (χ1v) is 9.47. The zero-order valence-corrected chi connectivity index (χ0v) is 17.2.